The van der Waals surface area contributed by atoms with E-state index in [0.29, 0.717) is 21.1 Å². The third kappa shape index (κ3) is 5.04. The Morgan fingerprint density at radius 1 is 1.46 bits per heavy atom. The molecule has 1 amide bonds. The van der Waals surface area contributed by atoms with E-state index in [0.717, 1.165) is 11.8 Å². The fourth-order valence-corrected chi connectivity index (χ4v) is 3.44. The maximum atomic E-state index is 12.8. The number of nitrogens with one attached hydrogen (secondary N) is 1. The Labute approximate surface area is 172 Å². The van der Waals surface area contributed by atoms with E-state index >= 15 is 0 Å². The van der Waals surface area contributed by atoms with Crippen molar-refractivity contribution < 1.29 is 9.90 Å². The van der Waals surface area contributed by atoms with Gasteiger partial charge in [-0.3, -0.25) is 14.2 Å². The summed E-state index contributed by atoms with van der Waals surface area (Å²) in [5, 5.41) is 23.0. The molecule has 150 valence electrons. The van der Waals surface area contributed by atoms with Gasteiger partial charge >= 0.3 is 0 Å². The zero-order valence-electron chi connectivity index (χ0n) is 16.2. The summed E-state index contributed by atoms with van der Waals surface area (Å²) in [6.45, 7) is 6.99. The van der Waals surface area contributed by atoms with Crippen molar-refractivity contribution in [3.63, 3.8) is 0 Å². The highest BCUT2D eigenvalue weighted by Crippen LogP contribution is 2.21. The Balaban J connectivity index is 2.33. The van der Waals surface area contributed by atoms with Gasteiger partial charge in [0.2, 0.25) is 5.91 Å². The first-order valence-corrected chi connectivity index (χ1v) is 10.2. The molecule has 2 atom stereocenters. The van der Waals surface area contributed by atoms with Gasteiger partial charge in [0.1, 0.15) is 5.54 Å². The van der Waals surface area contributed by atoms with Crippen molar-refractivity contribution in [2.24, 2.45) is 5.92 Å². The molecule has 9 heteroatoms. The fourth-order valence-electron chi connectivity index (χ4n) is 2.47. The van der Waals surface area contributed by atoms with Crippen molar-refractivity contribution in [1.29, 1.82) is 5.26 Å². The molecule has 7 nitrogen and oxygen atoms in total. The maximum absolute atomic E-state index is 12.8. The molecule has 0 aliphatic carbocycles. The quantitative estimate of drug-likeness (QED) is 0.524. The van der Waals surface area contributed by atoms with Crippen LogP contribution in [-0.4, -0.2) is 38.0 Å². The molecular formula is C19H23ClN4O3S. The Bertz CT molecular complexity index is 984. The number of aliphatic hydroxyl groups excluding tert-OH is 1. The van der Waals surface area contributed by atoms with Gasteiger partial charge < -0.3 is 10.4 Å². The lowest BCUT2D eigenvalue weighted by atomic mass is 9.90. The smallest absolute Gasteiger partial charge is 0.262 e. The predicted molar refractivity (Wildman–Crippen MR) is 110 cm³/mol. The van der Waals surface area contributed by atoms with Crippen molar-refractivity contribution in [2.75, 3.05) is 5.75 Å². The van der Waals surface area contributed by atoms with Gasteiger partial charge in [-0.25, -0.2) is 4.98 Å². The van der Waals surface area contributed by atoms with Crippen molar-refractivity contribution in [1.82, 2.24) is 14.9 Å². The number of nitriles is 1. The van der Waals surface area contributed by atoms with Crippen molar-refractivity contribution in [3.8, 4) is 6.07 Å². The minimum absolute atomic E-state index is 0.0255. The number of thioether (sulfide) groups is 1. The van der Waals surface area contributed by atoms with Crippen LogP contribution in [-0.2, 0) is 11.3 Å². The topological polar surface area (TPSA) is 108 Å². The number of hydrogen-bond donors (Lipinski definition) is 2. The molecule has 2 N–H and O–H groups in total. The number of benzene rings is 1. The molecule has 0 spiro atoms. The normalized spacial score (nSPS) is 14.5. The van der Waals surface area contributed by atoms with Gasteiger partial charge in [-0.2, -0.15) is 5.26 Å². The summed E-state index contributed by atoms with van der Waals surface area (Å²) >= 11 is 7.07. The molecule has 0 saturated carbocycles. The molecule has 2 rings (SSSR count). The van der Waals surface area contributed by atoms with Gasteiger partial charge in [0.15, 0.2) is 5.16 Å². The van der Waals surface area contributed by atoms with E-state index in [1.165, 1.54) is 4.57 Å². The second-order valence-corrected chi connectivity index (χ2v) is 8.51. The molecule has 1 aromatic heterocycles. The van der Waals surface area contributed by atoms with Crippen LogP contribution in [0.5, 0.6) is 0 Å². The van der Waals surface area contributed by atoms with E-state index in [-0.39, 0.29) is 29.7 Å². The van der Waals surface area contributed by atoms with Crippen LogP contribution in [0.25, 0.3) is 10.9 Å². The number of carbonyl (C=O) groups excluding carboxylic acids is 1. The first kappa shape index (κ1) is 22.2. The molecular weight excluding hydrogens is 400 g/mol. The van der Waals surface area contributed by atoms with E-state index in [1.54, 1.807) is 32.0 Å². The summed E-state index contributed by atoms with van der Waals surface area (Å²) in [7, 11) is 0. The number of fused-ring (bicyclic) bond motifs is 1. The Morgan fingerprint density at radius 2 is 2.14 bits per heavy atom. The molecule has 0 unspecified atom stereocenters. The summed E-state index contributed by atoms with van der Waals surface area (Å²) in [6, 6.07) is 6.90. The van der Waals surface area contributed by atoms with Crippen molar-refractivity contribution >= 4 is 40.2 Å². The van der Waals surface area contributed by atoms with Crippen LogP contribution in [0.4, 0.5) is 0 Å². The number of aliphatic hydroxyl groups is 1. The first-order valence-electron chi connectivity index (χ1n) is 8.80. The average Bonchev–Trinajstić information content (AvgIpc) is 2.61. The van der Waals surface area contributed by atoms with Crippen LogP contribution in [0.15, 0.2) is 28.2 Å². The predicted octanol–water partition coefficient (Wildman–Crippen LogP) is 2.58. The third-order valence-corrected chi connectivity index (χ3v) is 5.66. The van der Waals surface area contributed by atoms with Crippen LogP contribution in [0.2, 0.25) is 5.02 Å². The summed E-state index contributed by atoms with van der Waals surface area (Å²) in [5.74, 6) is -0.435. The number of carbonyl (C=O) groups is 1. The minimum Gasteiger partial charge on any atom is -0.392 e. The largest absolute Gasteiger partial charge is 0.392 e. The highest BCUT2D eigenvalue weighted by molar-refractivity contribution is 7.99. The van der Waals surface area contributed by atoms with Crippen molar-refractivity contribution in [2.45, 2.75) is 51.0 Å². The van der Waals surface area contributed by atoms with Gasteiger partial charge in [0.25, 0.3) is 5.56 Å². The number of hydrogen-bond acceptors (Lipinski definition) is 6. The molecule has 0 aliphatic heterocycles. The number of halogens is 1. The molecule has 2 aromatic rings. The highest BCUT2D eigenvalue weighted by atomic mass is 35.5. The summed E-state index contributed by atoms with van der Waals surface area (Å²) < 4.78 is 1.35. The molecule has 0 bridgehead atoms. The number of amides is 1. The molecule has 28 heavy (non-hydrogen) atoms. The zero-order chi connectivity index (χ0) is 21.1. The van der Waals surface area contributed by atoms with E-state index in [2.05, 4.69) is 16.4 Å². The SMILES string of the molecule is CC(C)[C@@](C)(C#N)NC(=O)CSc1nc2cc(Cl)ccc2c(=O)n1C[C@@H](C)O. The van der Waals surface area contributed by atoms with Gasteiger partial charge in [-0.1, -0.05) is 37.2 Å². The van der Waals surface area contributed by atoms with Crippen molar-refractivity contribution in [3.05, 3.63) is 33.6 Å². The fraction of sp³-hybridized carbons (Fsp3) is 0.474. The van der Waals surface area contributed by atoms with Crippen LogP contribution in [0.1, 0.15) is 27.7 Å². The highest BCUT2D eigenvalue weighted by Gasteiger charge is 2.30. The monoisotopic (exact) mass is 422 g/mol. The van der Waals surface area contributed by atoms with Crippen LogP contribution in [0.3, 0.4) is 0 Å². The second kappa shape index (κ2) is 8.95. The summed E-state index contributed by atoms with van der Waals surface area (Å²) in [5.41, 5.74) is -0.873. The maximum Gasteiger partial charge on any atom is 0.262 e. The lowest BCUT2D eigenvalue weighted by molar-refractivity contribution is -0.120. The van der Waals surface area contributed by atoms with E-state index in [4.69, 9.17) is 11.6 Å². The molecule has 1 aromatic carbocycles. The second-order valence-electron chi connectivity index (χ2n) is 7.13. The Kier molecular flexibility index (Phi) is 7.10. The molecule has 0 fully saturated rings. The Hall–Kier alpha value is -2.08. The van der Waals surface area contributed by atoms with E-state index < -0.39 is 11.6 Å². The summed E-state index contributed by atoms with van der Waals surface area (Å²) in [6.07, 6.45) is -0.764. The average molecular weight is 423 g/mol. The van der Waals surface area contributed by atoms with E-state index in [1.807, 2.05) is 13.8 Å². The van der Waals surface area contributed by atoms with Crippen LogP contribution >= 0.6 is 23.4 Å². The van der Waals surface area contributed by atoms with Gasteiger partial charge in [0, 0.05) is 5.02 Å². The summed E-state index contributed by atoms with van der Waals surface area (Å²) in [4.78, 5) is 29.6. The first-order chi connectivity index (χ1) is 13.1. The van der Waals surface area contributed by atoms with Gasteiger partial charge in [0.05, 0.1) is 35.4 Å². The zero-order valence-corrected chi connectivity index (χ0v) is 17.8. The lowest BCUT2D eigenvalue weighted by Gasteiger charge is -2.27. The van der Waals surface area contributed by atoms with E-state index in [9.17, 15) is 20.0 Å². The molecule has 0 saturated heterocycles. The van der Waals surface area contributed by atoms with Crippen LogP contribution in [0, 0.1) is 17.2 Å². The molecule has 0 radical (unpaired) electrons. The molecule has 0 aliphatic rings. The van der Waals surface area contributed by atoms with Crippen LogP contribution < -0.4 is 10.9 Å². The van der Waals surface area contributed by atoms with Gasteiger partial charge in [-0.05, 0) is 38.0 Å². The minimum atomic E-state index is -0.985. The number of rotatable bonds is 7. The van der Waals surface area contributed by atoms with Gasteiger partial charge in [-0.15, -0.1) is 0 Å². The number of aromatic nitrogens is 2. The molecule has 1 heterocycles. The number of nitrogens with zero attached hydrogens (tertiary/aromatic N) is 3. The third-order valence-electron chi connectivity index (χ3n) is 4.45. The lowest BCUT2D eigenvalue weighted by Crippen LogP contribution is -2.49. The Morgan fingerprint density at radius 3 is 2.71 bits per heavy atom. The standard InChI is InChI=1S/C19H23ClN4O3S/c1-11(2)19(4,10-21)23-16(26)9-28-18-22-15-7-13(20)5-6-14(15)17(27)24(18)8-12(3)25/h5-7,11-12,25H,8-9H2,1-4H3,(H,23,26)/t12-,19-/m1/s1.